The lowest BCUT2D eigenvalue weighted by Crippen LogP contribution is -2.46. The molecule has 2 N–H and O–H groups in total. The third kappa shape index (κ3) is 2.28. The van der Waals surface area contributed by atoms with Gasteiger partial charge in [-0.2, -0.15) is 5.10 Å². The summed E-state index contributed by atoms with van der Waals surface area (Å²) in [4.78, 5) is 24.5. The van der Waals surface area contributed by atoms with Crippen LogP contribution in [0.15, 0.2) is 6.07 Å². The molecular formula is C10H14N4O3. The fourth-order valence-electron chi connectivity index (χ4n) is 1.80. The fourth-order valence-corrected chi connectivity index (χ4v) is 1.80. The highest BCUT2D eigenvalue weighted by atomic mass is 16.4. The van der Waals surface area contributed by atoms with Crippen LogP contribution in [0.25, 0.3) is 0 Å². The Kier molecular flexibility index (Phi) is 3.10. The maximum atomic E-state index is 12.1. The minimum absolute atomic E-state index is 0.106. The summed E-state index contributed by atoms with van der Waals surface area (Å²) in [5, 5.41) is 15.7. The van der Waals surface area contributed by atoms with Crippen LogP contribution in [0.1, 0.15) is 21.0 Å². The molecule has 0 radical (unpaired) electrons. The summed E-state index contributed by atoms with van der Waals surface area (Å²) in [6.07, 6.45) is 0. The first-order valence-corrected chi connectivity index (χ1v) is 5.37. The van der Waals surface area contributed by atoms with Crippen LogP contribution in [0, 0.1) is 0 Å². The zero-order valence-corrected chi connectivity index (χ0v) is 9.51. The predicted octanol–water partition coefficient (Wildman–Crippen LogP) is -0.836. The average molecular weight is 238 g/mol. The number of aromatic carboxylic acids is 1. The molecule has 92 valence electrons. The highest BCUT2D eigenvalue weighted by molar-refractivity contribution is 5.95. The number of aryl methyl sites for hydroxylation is 1. The Labute approximate surface area is 98.0 Å². The van der Waals surface area contributed by atoms with E-state index in [9.17, 15) is 9.59 Å². The van der Waals surface area contributed by atoms with Gasteiger partial charge in [-0.3, -0.25) is 9.48 Å². The lowest BCUT2D eigenvalue weighted by atomic mass is 10.3. The van der Waals surface area contributed by atoms with Gasteiger partial charge in [-0.15, -0.1) is 0 Å². The summed E-state index contributed by atoms with van der Waals surface area (Å²) in [6.45, 7) is 2.78. The number of aromatic nitrogens is 2. The number of carbonyl (C=O) groups is 2. The lowest BCUT2D eigenvalue weighted by molar-refractivity contribution is 0.0688. The number of hydrogen-bond donors (Lipinski definition) is 2. The number of rotatable bonds is 2. The van der Waals surface area contributed by atoms with Gasteiger partial charge in [0, 0.05) is 39.3 Å². The number of hydrogen-bond acceptors (Lipinski definition) is 4. The second-order valence-electron chi connectivity index (χ2n) is 3.89. The summed E-state index contributed by atoms with van der Waals surface area (Å²) in [5.74, 6) is -1.30. The molecule has 1 aliphatic rings. The molecule has 0 bridgehead atoms. The van der Waals surface area contributed by atoms with E-state index in [0.29, 0.717) is 18.8 Å². The Balaban J connectivity index is 2.20. The number of piperazine rings is 1. The van der Waals surface area contributed by atoms with Crippen molar-refractivity contribution >= 4 is 11.9 Å². The Morgan fingerprint density at radius 3 is 2.59 bits per heavy atom. The summed E-state index contributed by atoms with van der Waals surface area (Å²) in [7, 11) is 1.57. The second kappa shape index (κ2) is 4.54. The van der Waals surface area contributed by atoms with Crippen LogP contribution in [0.2, 0.25) is 0 Å². The number of carboxylic acid groups (broad SMARTS) is 1. The molecule has 1 aromatic rings. The molecule has 7 heteroatoms. The van der Waals surface area contributed by atoms with Gasteiger partial charge in [0.25, 0.3) is 5.91 Å². The molecular weight excluding hydrogens is 224 g/mol. The standard InChI is InChI=1S/C10H14N4O3/c1-13-8(6-7(12-13)10(16)17)9(15)14-4-2-11-3-5-14/h6,11H,2-5H2,1H3,(H,16,17). The second-order valence-corrected chi connectivity index (χ2v) is 3.89. The Morgan fingerprint density at radius 2 is 2.06 bits per heavy atom. The van der Waals surface area contributed by atoms with Crippen LogP contribution in [-0.4, -0.2) is 57.8 Å². The molecule has 0 aromatic carbocycles. The quantitative estimate of drug-likeness (QED) is 0.701. The fraction of sp³-hybridized carbons (Fsp3) is 0.500. The van der Waals surface area contributed by atoms with Gasteiger partial charge in [-0.1, -0.05) is 0 Å². The lowest BCUT2D eigenvalue weighted by Gasteiger charge is -2.27. The molecule has 1 fully saturated rings. The summed E-state index contributed by atoms with van der Waals surface area (Å²) in [6, 6.07) is 1.31. The van der Waals surface area contributed by atoms with E-state index in [1.54, 1.807) is 11.9 Å². The molecule has 1 amide bonds. The zero-order valence-electron chi connectivity index (χ0n) is 9.51. The average Bonchev–Trinajstić information content (AvgIpc) is 2.72. The van der Waals surface area contributed by atoms with Gasteiger partial charge in [0.2, 0.25) is 0 Å². The van der Waals surface area contributed by atoms with Crippen LogP contribution in [0.5, 0.6) is 0 Å². The molecule has 17 heavy (non-hydrogen) atoms. The van der Waals surface area contributed by atoms with Crippen molar-refractivity contribution in [2.45, 2.75) is 0 Å². The van der Waals surface area contributed by atoms with Crippen LogP contribution >= 0.6 is 0 Å². The Hall–Kier alpha value is -1.89. The van der Waals surface area contributed by atoms with Crippen molar-refractivity contribution in [2.24, 2.45) is 7.05 Å². The van der Waals surface area contributed by atoms with E-state index in [2.05, 4.69) is 10.4 Å². The molecule has 2 rings (SSSR count). The summed E-state index contributed by atoms with van der Waals surface area (Å²) in [5.41, 5.74) is 0.204. The number of carbonyl (C=O) groups excluding carboxylic acids is 1. The van der Waals surface area contributed by atoms with Crippen molar-refractivity contribution in [3.05, 3.63) is 17.5 Å². The summed E-state index contributed by atoms with van der Waals surface area (Å²) < 4.78 is 1.31. The maximum Gasteiger partial charge on any atom is 0.356 e. The van der Waals surface area contributed by atoms with Crippen molar-refractivity contribution in [2.75, 3.05) is 26.2 Å². The van der Waals surface area contributed by atoms with E-state index >= 15 is 0 Å². The van der Waals surface area contributed by atoms with Gasteiger partial charge >= 0.3 is 5.97 Å². The molecule has 1 aromatic heterocycles. The predicted molar refractivity (Wildman–Crippen MR) is 58.9 cm³/mol. The van der Waals surface area contributed by atoms with Crippen LogP contribution in [0.3, 0.4) is 0 Å². The molecule has 0 aliphatic carbocycles. The SMILES string of the molecule is Cn1nc(C(=O)O)cc1C(=O)N1CCNCC1. The third-order valence-corrected chi connectivity index (χ3v) is 2.72. The molecule has 1 aliphatic heterocycles. The number of amides is 1. The molecule has 0 spiro atoms. The largest absolute Gasteiger partial charge is 0.476 e. The summed E-state index contributed by atoms with van der Waals surface area (Å²) >= 11 is 0. The van der Waals surface area contributed by atoms with E-state index in [1.165, 1.54) is 10.7 Å². The first-order chi connectivity index (χ1) is 8.09. The smallest absolute Gasteiger partial charge is 0.356 e. The minimum Gasteiger partial charge on any atom is -0.476 e. The van der Waals surface area contributed by atoms with Gasteiger partial charge in [-0.05, 0) is 0 Å². The van der Waals surface area contributed by atoms with Gasteiger partial charge in [0.15, 0.2) is 5.69 Å². The third-order valence-electron chi connectivity index (χ3n) is 2.72. The monoisotopic (exact) mass is 238 g/mol. The van der Waals surface area contributed by atoms with Gasteiger partial charge in [0.1, 0.15) is 5.69 Å². The van der Waals surface area contributed by atoms with E-state index < -0.39 is 5.97 Å². The van der Waals surface area contributed by atoms with Crippen LogP contribution in [-0.2, 0) is 7.05 Å². The molecule has 0 atom stereocenters. The van der Waals surface area contributed by atoms with E-state index in [4.69, 9.17) is 5.11 Å². The van der Waals surface area contributed by atoms with Crippen LogP contribution in [0.4, 0.5) is 0 Å². The molecule has 2 heterocycles. The minimum atomic E-state index is -1.13. The highest BCUT2D eigenvalue weighted by Crippen LogP contribution is 2.08. The van der Waals surface area contributed by atoms with Crippen LogP contribution < -0.4 is 5.32 Å². The molecule has 1 saturated heterocycles. The van der Waals surface area contributed by atoms with Crippen molar-refractivity contribution in [1.82, 2.24) is 20.0 Å². The molecule has 7 nitrogen and oxygen atoms in total. The van der Waals surface area contributed by atoms with E-state index in [0.717, 1.165) is 13.1 Å². The maximum absolute atomic E-state index is 12.1. The van der Waals surface area contributed by atoms with E-state index in [-0.39, 0.29) is 11.6 Å². The van der Waals surface area contributed by atoms with Crippen molar-refractivity contribution < 1.29 is 14.7 Å². The first-order valence-electron chi connectivity index (χ1n) is 5.37. The van der Waals surface area contributed by atoms with Gasteiger partial charge in [0.05, 0.1) is 0 Å². The number of nitrogens with zero attached hydrogens (tertiary/aromatic N) is 3. The van der Waals surface area contributed by atoms with Gasteiger partial charge in [-0.25, -0.2) is 4.79 Å². The normalized spacial score (nSPS) is 15.9. The van der Waals surface area contributed by atoms with E-state index in [1.807, 2.05) is 0 Å². The Bertz CT molecular complexity index is 448. The molecule has 0 saturated carbocycles. The topological polar surface area (TPSA) is 87.5 Å². The zero-order chi connectivity index (χ0) is 12.4. The van der Waals surface area contributed by atoms with Crippen molar-refractivity contribution in [3.63, 3.8) is 0 Å². The molecule has 0 unspecified atom stereocenters. The van der Waals surface area contributed by atoms with Gasteiger partial charge < -0.3 is 15.3 Å². The van der Waals surface area contributed by atoms with Crippen molar-refractivity contribution in [1.29, 1.82) is 0 Å². The number of carboxylic acids is 1. The Morgan fingerprint density at radius 1 is 1.41 bits per heavy atom. The highest BCUT2D eigenvalue weighted by Gasteiger charge is 2.23. The first kappa shape index (κ1) is 11.6. The van der Waals surface area contributed by atoms with Crippen molar-refractivity contribution in [3.8, 4) is 0 Å². The number of nitrogens with one attached hydrogen (secondary N) is 1.